The molecular weight excluding hydrogens is 290 g/mol. The fourth-order valence-electron chi connectivity index (χ4n) is 2.57. The highest BCUT2D eigenvalue weighted by molar-refractivity contribution is 7.15. The quantitative estimate of drug-likeness (QED) is 0.912. The highest BCUT2D eigenvalue weighted by Gasteiger charge is 2.13. The molecule has 1 aliphatic heterocycles. The predicted octanol–water partition coefficient (Wildman–Crippen LogP) is 4.32. The van der Waals surface area contributed by atoms with E-state index in [1.807, 2.05) is 6.20 Å². The van der Waals surface area contributed by atoms with Gasteiger partial charge < -0.3 is 10.2 Å². The SMILES string of the molecule is Cc1cc(N2CCCC2)ccc1NCc1cnc(Cl)s1. The number of anilines is 2. The van der Waals surface area contributed by atoms with Crippen molar-refractivity contribution in [1.82, 2.24) is 4.98 Å². The number of rotatable bonds is 4. The van der Waals surface area contributed by atoms with Gasteiger partial charge in [0.15, 0.2) is 4.47 Å². The lowest BCUT2D eigenvalue weighted by Gasteiger charge is -2.19. The van der Waals surface area contributed by atoms with Crippen molar-refractivity contribution in [3.8, 4) is 0 Å². The molecule has 0 amide bonds. The van der Waals surface area contributed by atoms with E-state index < -0.39 is 0 Å². The number of hydrogen-bond donors (Lipinski definition) is 1. The average molecular weight is 308 g/mol. The van der Waals surface area contributed by atoms with Crippen molar-refractivity contribution in [1.29, 1.82) is 0 Å². The van der Waals surface area contributed by atoms with Gasteiger partial charge in [0, 0.05) is 35.5 Å². The first-order valence-electron chi connectivity index (χ1n) is 6.92. The molecule has 3 nitrogen and oxygen atoms in total. The Hall–Kier alpha value is -1.26. The van der Waals surface area contributed by atoms with Gasteiger partial charge in [-0.15, -0.1) is 11.3 Å². The number of aryl methyl sites for hydroxylation is 1. The summed E-state index contributed by atoms with van der Waals surface area (Å²) in [5.41, 5.74) is 3.80. The van der Waals surface area contributed by atoms with E-state index in [4.69, 9.17) is 11.6 Å². The summed E-state index contributed by atoms with van der Waals surface area (Å²) in [6.45, 7) is 5.30. The molecule has 0 aliphatic carbocycles. The number of nitrogens with one attached hydrogen (secondary N) is 1. The predicted molar refractivity (Wildman–Crippen MR) is 87.1 cm³/mol. The molecule has 2 aromatic rings. The Morgan fingerprint density at radius 1 is 1.35 bits per heavy atom. The highest BCUT2D eigenvalue weighted by Crippen LogP contribution is 2.26. The summed E-state index contributed by atoms with van der Waals surface area (Å²) in [6, 6.07) is 6.65. The average Bonchev–Trinajstić information content (AvgIpc) is 3.08. The van der Waals surface area contributed by atoms with E-state index in [0.717, 1.165) is 11.4 Å². The summed E-state index contributed by atoms with van der Waals surface area (Å²) in [5, 5.41) is 3.45. The lowest BCUT2D eigenvalue weighted by Crippen LogP contribution is -2.17. The van der Waals surface area contributed by atoms with E-state index in [1.54, 1.807) is 0 Å². The van der Waals surface area contributed by atoms with Gasteiger partial charge in [-0.1, -0.05) is 11.6 Å². The fraction of sp³-hybridized carbons (Fsp3) is 0.400. The van der Waals surface area contributed by atoms with Gasteiger partial charge in [0.05, 0.1) is 6.54 Å². The molecule has 0 radical (unpaired) electrons. The van der Waals surface area contributed by atoms with Gasteiger partial charge in [0.25, 0.3) is 0 Å². The second kappa shape index (κ2) is 6.02. The number of thiazole rings is 1. The Morgan fingerprint density at radius 3 is 2.80 bits per heavy atom. The summed E-state index contributed by atoms with van der Waals surface area (Å²) in [7, 11) is 0. The van der Waals surface area contributed by atoms with Crippen LogP contribution < -0.4 is 10.2 Å². The fourth-order valence-corrected chi connectivity index (χ4v) is 3.48. The van der Waals surface area contributed by atoms with Gasteiger partial charge in [0.2, 0.25) is 0 Å². The number of hydrogen-bond acceptors (Lipinski definition) is 4. The molecule has 20 heavy (non-hydrogen) atoms. The first-order chi connectivity index (χ1) is 9.72. The van der Waals surface area contributed by atoms with Crippen LogP contribution in [0.2, 0.25) is 4.47 Å². The van der Waals surface area contributed by atoms with Crippen LogP contribution in [0.3, 0.4) is 0 Å². The molecule has 0 atom stereocenters. The van der Waals surface area contributed by atoms with Gasteiger partial charge in [-0.2, -0.15) is 0 Å². The molecular formula is C15H18ClN3S. The Bertz CT molecular complexity index is 591. The molecule has 0 spiro atoms. The van der Waals surface area contributed by atoms with Crippen molar-refractivity contribution in [2.75, 3.05) is 23.3 Å². The third-order valence-corrected chi connectivity index (χ3v) is 4.77. The summed E-state index contributed by atoms with van der Waals surface area (Å²) in [6.07, 6.45) is 4.45. The molecule has 5 heteroatoms. The van der Waals surface area contributed by atoms with Gasteiger partial charge >= 0.3 is 0 Å². The molecule has 1 fully saturated rings. The van der Waals surface area contributed by atoms with Gasteiger partial charge in [-0.25, -0.2) is 4.98 Å². The third-order valence-electron chi connectivity index (χ3n) is 3.66. The maximum atomic E-state index is 5.84. The van der Waals surface area contributed by atoms with Crippen LogP contribution in [0.5, 0.6) is 0 Å². The largest absolute Gasteiger partial charge is 0.380 e. The maximum absolute atomic E-state index is 5.84. The minimum atomic E-state index is 0.600. The Kier molecular flexibility index (Phi) is 4.13. The molecule has 1 aromatic carbocycles. The zero-order valence-corrected chi connectivity index (χ0v) is 13.1. The van der Waals surface area contributed by atoms with Crippen molar-refractivity contribution in [3.05, 3.63) is 39.3 Å². The van der Waals surface area contributed by atoms with Crippen LogP contribution in [0.25, 0.3) is 0 Å². The highest BCUT2D eigenvalue weighted by atomic mass is 35.5. The molecule has 1 saturated heterocycles. The first-order valence-corrected chi connectivity index (χ1v) is 8.11. The number of benzene rings is 1. The van der Waals surface area contributed by atoms with E-state index >= 15 is 0 Å². The maximum Gasteiger partial charge on any atom is 0.183 e. The van der Waals surface area contributed by atoms with E-state index in [9.17, 15) is 0 Å². The van der Waals surface area contributed by atoms with Crippen molar-refractivity contribution in [2.45, 2.75) is 26.3 Å². The van der Waals surface area contributed by atoms with Crippen LogP contribution in [-0.4, -0.2) is 18.1 Å². The van der Waals surface area contributed by atoms with E-state index in [1.165, 1.54) is 54.2 Å². The minimum absolute atomic E-state index is 0.600. The second-order valence-electron chi connectivity index (χ2n) is 5.13. The molecule has 1 aromatic heterocycles. The van der Waals surface area contributed by atoms with Crippen LogP contribution in [-0.2, 0) is 6.54 Å². The number of halogens is 1. The summed E-state index contributed by atoms with van der Waals surface area (Å²) < 4.78 is 0.600. The monoisotopic (exact) mass is 307 g/mol. The lowest BCUT2D eigenvalue weighted by molar-refractivity contribution is 0.949. The topological polar surface area (TPSA) is 28.2 Å². The molecule has 0 saturated carbocycles. The Balaban J connectivity index is 1.67. The third kappa shape index (κ3) is 3.07. The minimum Gasteiger partial charge on any atom is -0.380 e. The van der Waals surface area contributed by atoms with Crippen LogP contribution in [0.4, 0.5) is 11.4 Å². The van der Waals surface area contributed by atoms with Crippen LogP contribution in [0.15, 0.2) is 24.4 Å². The molecule has 1 aliphatic rings. The van der Waals surface area contributed by atoms with E-state index in [0.29, 0.717) is 4.47 Å². The van der Waals surface area contributed by atoms with Crippen LogP contribution in [0, 0.1) is 6.92 Å². The molecule has 0 unspecified atom stereocenters. The summed E-state index contributed by atoms with van der Waals surface area (Å²) in [5.74, 6) is 0. The zero-order chi connectivity index (χ0) is 13.9. The number of nitrogens with zero attached hydrogens (tertiary/aromatic N) is 2. The van der Waals surface area contributed by atoms with E-state index in [-0.39, 0.29) is 0 Å². The van der Waals surface area contributed by atoms with Crippen LogP contribution in [0.1, 0.15) is 23.3 Å². The molecule has 3 rings (SSSR count). The number of aromatic nitrogens is 1. The van der Waals surface area contributed by atoms with E-state index in [2.05, 4.69) is 40.3 Å². The Morgan fingerprint density at radius 2 is 2.15 bits per heavy atom. The van der Waals surface area contributed by atoms with Gasteiger partial charge in [-0.3, -0.25) is 0 Å². The van der Waals surface area contributed by atoms with Crippen molar-refractivity contribution < 1.29 is 0 Å². The van der Waals surface area contributed by atoms with Crippen molar-refractivity contribution in [2.24, 2.45) is 0 Å². The van der Waals surface area contributed by atoms with Crippen LogP contribution >= 0.6 is 22.9 Å². The Labute approximate surface area is 128 Å². The van der Waals surface area contributed by atoms with Gasteiger partial charge in [0.1, 0.15) is 0 Å². The lowest BCUT2D eigenvalue weighted by atomic mass is 10.1. The smallest absolute Gasteiger partial charge is 0.183 e. The van der Waals surface area contributed by atoms with Crippen molar-refractivity contribution in [3.63, 3.8) is 0 Å². The molecule has 1 N–H and O–H groups in total. The van der Waals surface area contributed by atoms with Gasteiger partial charge in [-0.05, 0) is 43.5 Å². The summed E-state index contributed by atoms with van der Waals surface area (Å²) in [4.78, 5) is 7.66. The molecule has 0 bridgehead atoms. The first kappa shape index (κ1) is 13.7. The van der Waals surface area contributed by atoms with Crippen molar-refractivity contribution >= 4 is 34.3 Å². The standard InChI is InChI=1S/C15H18ClN3S/c1-11-8-12(19-6-2-3-7-19)4-5-14(11)17-9-13-10-18-15(16)20-13/h4-5,8,10,17H,2-3,6-7,9H2,1H3. The second-order valence-corrected chi connectivity index (χ2v) is 6.82. The molecule has 106 valence electrons. The normalized spacial score (nSPS) is 14.8. The zero-order valence-electron chi connectivity index (χ0n) is 11.5. The molecule has 2 heterocycles. The summed E-state index contributed by atoms with van der Waals surface area (Å²) >= 11 is 7.36.